The summed E-state index contributed by atoms with van der Waals surface area (Å²) < 4.78 is 0. The minimum Gasteiger partial charge on any atom is -0.369 e. The van der Waals surface area contributed by atoms with Crippen LogP contribution < -0.4 is 5.73 Å². The molecular weight excluding hydrogens is 224 g/mol. The summed E-state index contributed by atoms with van der Waals surface area (Å²) in [7, 11) is 0. The minimum atomic E-state index is -0.248. The highest BCUT2D eigenvalue weighted by Crippen LogP contribution is 2.19. The van der Waals surface area contributed by atoms with E-state index in [4.69, 9.17) is 5.73 Å². The lowest BCUT2D eigenvalue weighted by Gasteiger charge is -2.30. The number of likely N-dealkylation sites (tertiary alicyclic amines) is 1. The summed E-state index contributed by atoms with van der Waals surface area (Å²) in [5, 5.41) is 3.74. The van der Waals surface area contributed by atoms with E-state index in [1.54, 1.807) is 4.90 Å². The van der Waals surface area contributed by atoms with Crippen molar-refractivity contribution in [2.75, 3.05) is 13.1 Å². The van der Waals surface area contributed by atoms with Crippen LogP contribution in [-0.2, 0) is 4.79 Å². The molecule has 0 spiro atoms. The van der Waals surface area contributed by atoms with Crippen molar-refractivity contribution in [1.82, 2.24) is 4.90 Å². The van der Waals surface area contributed by atoms with Crippen molar-refractivity contribution < 1.29 is 9.59 Å². The largest absolute Gasteiger partial charge is 0.369 e. The van der Waals surface area contributed by atoms with E-state index in [9.17, 15) is 9.59 Å². The summed E-state index contributed by atoms with van der Waals surface area (Å²) in [4.78, 5) is 24.7. The molecule has 2 rings (SSSR count). The molecule has 0 bridgehead atoms. The summed E-state index contributed by atoms with van der Waals surface area (Å²) in [6.07, 6.45) is 1.37. The minimum absolute atomic E-state index is 0.0594. The highest BCUT2D eigenvalue weighted by Gasteiger charge is 2.26. The van der Waals surface area contributed by atoms with Gasteiger partial charge in [-0.1, -0.05) is 0 Å². The molecule has 0 aliphatic carbocycles. The van der Waals surface area contributed by atoms with Crippen LogP contribution >= 0.6 is 11.3 Å². The number of nitrogens with zero attached hydrogens (tertiary/aromatic N) is 1. The second-order valence-electron chi connectivity index (χ2n) is 3.98. The topological polar surface area (TPSA) is 63.4 Å². The number of nitrogens with two attached hydrogens (primary N) is 1. The Bertz CT molecular complexity index is 381. The summed E-state index contributed by atoms with van der Waals surface area (Å²) >= 11 is 1.52. The molecule has 0 unspecified atom stereocenters. The smallest absolute Gasteiger partial charge is 0.254 e. The maximum atomic E-state index is 12.0. The molecule has 5 heteroatoms. The lowest BCUT2D eigenvalue weighted by molar-refractivity contribution is -0.123. The summed E-state index contributed by atoms with van der Waals surface area (Å²) in [6.45, 7) is 1.25. The van der Waals surface area contributed by atoms with Crippen LogP contribution in [0.5, 0.6) is 0 Å². The molecule has 1 aromatic rings. The number of amides is 2. The number of thiophene rings is 1. The molecule has 2 amide bonds. The van der Waals surface area contributed by atoms with Gasteiger partial charge in [0.05, 0.1) is 5.56 Å². The Balaban J connectivity index is 1.94. The molecule has 4 nitrogen and oxygen atoms in total. The monoisotopic (exact) mass is 238 g/mol. The third kappa shape index (κ3) is 2.24. The Morgan fingerprint density at radius 2 is 2.06 bits per heavy atom. The van der Waals surface area contributed by atoms with Crippen molar-refractivity contribution in [2.45, 2.75) is 12.8 Å². The van der Waals surface area contributed by atoms with E-state index >= 15 is 0 Å². The molecule has 0 aromatic carbocycles. The first-order valence-electron chi connectivity index (χ1n) is 5.29. The van der Waals surface area contributed by atoms with Crippen LogP contribution in [0, 0.1) is 5.92 Å². The van der Waals surface area contributed by atoms with Gasteiger partial charge < -0.3 is 10.6 Å². The molecule has 2 heterocycles. The van der Waals surface area contributed by atoms with E-state index in [0.717, 1.165) is 5.56 Å². The molecule has 86 valence electrons. The fourth-order valence-electron chi connectivity index (χ4n) is 1.94. The first-order chi connectivity index (χ1) is 7.68. The van der Waals surface area contributed by atoms with Crippen molar-refractivity contribution >= 4 is 23.2 Å². The zero-order valence-electron chi connectivity index (χ0n) is 8.89. The van der Waals surface area contributed by atoms with E-state index in [1.807, 2.05) is 16.8 Å². The predicted octanol–water partition coefficient (Wildman–Crippen LogP) is 1.09. The molecule has 1 aromatic heterocycles. The third-order valence-electron chi connectivity index (χ3n) is 2.95. The Hall–Kier alpha value is -1.36. The molecule has 1 fully saturated rings. The number of primary amides is 1. The highest BCUT2D eigenvalue weighted by molar-refractivity contribution is 7.08. The summed E-state index contributed by atoms with van der Waals surface area (Å²) in [5.74, 6) is -0.252. The second kappa shape index (κ2) is 4.65. The first kappa shape index (κ1) is 11.1. The van der Waals surface area contributed by atoms with Gasteiger partial charge in [-0.3, -0.25) is 9.59 Å². The molecule has 1 aliphatic heterocycles. The SMILES string of the molecule is NC(=O)C1CCN(C(=O)c2ccsc2)CC1. The number of hydrogen-bond acceptors (Lipinski definition) is 3. The van der Waals surface area contributed by atoms with Crippen LogP contribution in [-0.4, -0.2) is 29.8 Å². The molecule has 16 heavy (non-hydrogen) atoms. The van der Waals surface area contributed by atoms with Crippen LogP contribution in [0.2, 0.25) is 0 Å². The van der Waals surface area contributed by atoms with Gasteiger partial charge in [0, 0.05) is 24.4 Å². The van der Waals surface area contributed by atoms with Gasteiger partial charge in [-0.2, -0.15) is 11.3 Å². The van der Waals surface area contributed by atoms with Gasteiger partial charge in [-0.05, 0) is 24.3 Å². The van der Waals surface area contributed by atoms with E-state index in [2.05, 4.69) is 0 Å². The summed E-state index contributed by atoms with van der Waals surface area (Å²) in [5.41, 5.74) is 5.98. The quantitative estimate of drug-likeness (QED) is 0.838. The number of hydrogen-bond donors (Lipinski definition) is 1. The van der Waals surface area contributed by atoms with Crippen LogP contribution in [0.15, 0.2) is 16.8 Å². The van der Waals surface area contributed by atoms with Crippen LogP contribution in [0.4, 0.5) is 0 Å². The van der Waals surface area contributed by atoms with Crippen LogP contribution in [0.3, 0.4) is 0 Å². The number of piperidine rings is 1. The van der Waals surface area contributed by atoms with Gasteiger partial charge in [0.25, 0.3) is 5.91 Å². The Morgan fingerprint density at radius 1 is 1.38 bits per heavy atom. The fraction of sp³-hybridized carbons (Fsp3) is 0.455. The van der Waals surface area contributed by atoms with E-state index in [0.29, 0.717) is 25.9 Å². The molecule has 0 saturated carbocycles. The van der Waals surface area contributed by atoms with Crippen molar-refractivity contribution in [3.8, 4) is 0 Å². The average Bonchev–Trinajstić information content (AvgIpc) is 2.81. The molecular formula is C11H14N2O2S. The molecule has 0 radical (unpaired) electrons. The van der Waals surface area contributed by atoms with Crippen LogP contribution in [0.1, 0.15) is 23.2 Å². The van der Waals surface area contributed by atoms with Crippen molar-refractivity contribution in [3.63, 3.8) is 0 Å². The van der Waals surface area contributed by atoms with Gasteiger partial charge in [0.1, 0.15) is 0 Å². The lowest BCUT2D eigenvalue weighted by Crippen LogP contribution is -2.41. The number of carbonyl (C=O) groups is 2. The lowest BCUT2D eigenvalue weighted by atomic mass is 9.96. The molecule has 1 aliphatic rings. The summed E-state index contributed by atoms with van der Waals surface area (Å²) in [6, 6.07) is 1.83. The van der Waals surface area contributed by atoms with E-state index < -0.39 is 0 Å². The third-order valence-corrected chi connectivity index (χ3v) is 3.64. The standard InChI is InChI=1S/C11H14N2O2S/c12-10(14)8-1-4-13(5-2-8)11(15)9-3-6-16-7-9/h3,6-8H,1-2,4-5H2,(H2,12,14). The number of rotatable bonds is 2. The zero-order valence-corrected chi connectivity index (χ0v) is 9.70. The average molecular weight is 238 g/mol. The van der Waals surface area contributed by atoms with Gasteiger partial charge in [0.15, 0.2) is 0 Å². The molecule has 0 atom stereocenters. The first-order valence-corrected chi connectivity index (χ1v) is 6.23. The van der Waals surface area contributed by atoms with Crippen LogP contribution in [0.25, 0.3) is 0 Å². The molecule has 2 N–H and O–H groups in total. The Morgan fingerprint density at radius 3 is 2.56 bits per heavy atom. The second-order valence-corrected chi connectivity index (χ2v) is 4.76. The highest BCUT2D eigenvalue weighted by atomic mass is 32.1. The maximum absolute atomic E-state index is 12.0. The maximum Gasteiger partial charge on any atom is 0.254 e. The number of carbonyl (C=O) groups excluding carboxylic acids is 2. The van der Waals surface area contributed by atoms with Gasteiger partial charge >= 0.3 is 0 Å². The van der Waals surface area contributed by atoms with E-state index in [1.165, 1.54) is 11.3 Å². The van der Waals surface area contributed by atoms with Crippen molar-refractivity contribution in [1.29, 1.82) is 0 Å². The van der Waals surface area contributed by atoms with Gasteiger partial charge in [0.2, 0.25) is 5.91 Å². The fourth-order valence-corrected chi connectivity index (χ4v) is 2.57. The molecule has 1 saturated heterocycles. The van der Waals surface area contributed by atoms with Crippen molar-refractivity contribution in [3.05, 3.63) is 22.4 Å². The Labute approximate surface area is 98.0 Å². The zero-order chi connectivity index (χ0) is 11.5. The van der Waals surface area contributed by atoms with Gasteiger partial charge in [-0.25, -0.2) is 0 Å². The van der Waals surface area contributed by atoms with Crippen molar-refractivity contribution in [2.24, 2.45) is 11.7 Å². The van der Waals surface area contributed by atoms with E-state index in [-0.39, 0.29) is 17.7 Å². The predicted molar refractivity (Wildman–Crippen MR) is 62.1 cm³/mol. The van der Waals surface area contributed by atoms with Gasteiger partial charge in [-0.15, -0.1) is 0 Å². The Kier molecular flexibility index (Phi) is 3.24. The normalized spacial score (nSPS) is 17.4.